The number of nitriles is 1. The quantitative estimate of drug-likeness (QED) is 0.494. The number of hydrogen-bond donors (Lipinski definition) is 1. The van der Waals surface area contributed by atoms with Gasteiger partial charge in [0.15, 0.2) is 11.6 Å². The van der Waals surface area contributed by atoms with Crippen molar-refractivity contribution < 1.29 is 33.3 Å². The van der Waals surface area contributed by atoms with E-state index in [2.05, 4.69) is 4.98 Å². The summed E-state index contributed by atoms with van der Waals surface area (Å²) in [7, 11) is 0. The third kappa shape index (κ3) is 4.98. The number of fused-ring (bicyclic) bond motifs is 1. The second-order valence-corrected chi connectivity index (χ2v) is 11.5. The first kappa shape index (κ1) is 27.8. The van der Waals surface area contributed by atoms with Gasteiger partial charge >= 0.3 is 6.09 Å². The summed E-state index contributed by atoms with van der Waals surface area (Å²) in [4.78, 5) is 34.0. The van der Waals surface area contributed by atoms with Crippen LogP contribution in [0.4, 0.5) is 15.0 Å². The van der Waals surface area contributed by atoms with E-state index >= 15 is 4.39 Å². The summed E-state index contributed by atoms with van der Waals surface area (Å²) >= 11 is 0. The number of aliphatic hydroxyl groups excluding tert-OH is 1. The fourth-order valence-corrected chi connectivity index (χ4v) is 5.33. The van der Waals surface area contributed by atoms with E-state index < -0.39 is 35.3 Å². The number of benzene rings is 1. The number of imide groups is 1. The standard InChI is InChI=1S/C29H29FN6O6/c1-28(2,3)42-27(39)35-13-21-25(26(35)38)22(11-20(32-21)24-17(12-31)5-4-6-19(24)30)36-9-7-23(33-36)34-10-8-29(16-34)40-14-18(37)15-41-29/h4-7,9,11,18,37H,8,10,13-16H2,1-3H3/t18-,29+. The zero-order chi connectivity index (χ0) is 29.8. The molecule has 2 fully saturated rings. The van der Waals surface area contributed by atoms with Crippen LogP contribution in [0, 0.1) is 17.1 Å². The maximum atomic E-state index is 15.1. The molecular weight excluding hydrogens is 547 g/mol. The van der Waals surface area contributed by atoms with Crippen LogP contribution in [0.15, 0.2) is 36.5 Å². The molecule has 6 rings (SSSR count). The number of anilines is 1. The van der Waals surface area contributed by atoms with Crippen LogP contribution in [-0.2, 0) is 20.8 Å². The lowest BCUT2D eigenvalue weighted by Crippen LogP contribution is -2.48. The molecule has 1 aromatic carbocycles. The zero-order valence-corrected chi connectivity index (χ0v) is 23.3. The van der Waals surface area contributed by atoms with Gasteiger partial charge in [0.25, 0.3) is 5.91 Å². The number of carbonyl (C=O) groups is 2. The van der Waals surface area contributed by atoms with E-state index in [1.165, 1.54) is 28.9 Å². The van der Waals surface area contributed by atoms with Crippen molar-refractivity contribution in [2.45, 2.75) is 51.2 Å². The molecule has 3 aliphatic heterocycles. The maximum Gasteiger partial charge on any atom is 0.417 e. The molecule has 0 radical (unpaired) electrons. The monoisotopic (exact) mass is 576 g/mol. The highest BCUT2D eigenvalue weighted by molar-refractivity contribution is 6.08. The van der Waals surface area contributed by atoms with Crippen LogP contribution >= 0.6 is 0 Å². The van der Waals surface area contributed by atoms with Crippen molar-refractivity contribution >= 4 is 17.8 Å². The summed E-state index contributed by atoms with van der Waals surface area (Å²) in [6.07, 6.45) is 0.736. The highest BCUT2D eigenvalue weighted by Gasteiger charge is 2.44. The van der Waals surface area contributed by atoms with E-state index in [9.17, 15) is 20.0 Å². The number of halogens is 1. The van der Waals surface area contributed by atoms with Crippen molar-refractivity contribution in [2.75, 3.05) is 31.2 Å². The largest absolute Gasteiger partial charge is 0.443 e. The minimum Gasteiger partial charge on any atom is -0.443 e. The topological polar surface area (TPSA) is 143 Å². The Hall–Kier alpha value is -4.38. The minimum atomic E-state index is -0.837. The Kier molecular flexibility index (Phi) is 6.72. The lowest BCUT2D eigenvalue weighted by molar-refractivity contribution is -0.280. The first-order valence-electron chi connectivity index (χ1n) is 13.5. The molecule has 0 aliphatic carbocycles. The van der Waals surface area contributed by atoms with Gasteiger partial charge in [-0.3, -0.25) is 4.79 Å². The van der Waals surface area contributed by atoms with E-state index in [4.69, 9.17) is 19.3 Å². The normalized spacial score (nSPS) is 22.0. The second kappa shape index (κ2) is 10.2. The number of carbonyl (C=O) groups excluding carboxylic acids is 2. The van der Waals surface area contributed by atoms with Crippen LogP contribution in [0.1, 0.15) is 48.8 Å². The van der Waals surface area contributed by atoms with Crippen molar-refractivity contribution in [1.29, 1.82) is 5.26 Å². The molecule has 2 amide bonds. The van der Waals surface area contributed by atoms with Crippen molar-refractivity contribution in [1.82, 2.24) is 19.7 Å². The number of rotatable bonds is 3. The zero-order valence-electron chi connectivity index (χ0n) is 23.3. The highest BCUT2D eigenvalue weighted by Crippen LogP contribution is 2.36. The number of pyridine rings is 1. The fraction of sp³-hybridized carbons (Fsp3) is 0.414. The number of nitrogens with zero attached hydrogens (tertiary/aromatic N) is 6. The summed E-state index contributed by atoms with van der Waals surface area (Å²) < 4.78 is 33.6. The van der Waals surface area contributed by atoms with E-state index in [0.29, 0.717) is 25.3 Å². The van der Waals surface area contributed by atoms with Gasteiger partial charge < -0.3 is 24.2 Å². The Morgan fingerprint density at radius 1 is 1.24 bits per heavy atom. The van der Waals surface area contributed by atoms with Gasteiger partial charge in [0.05, 0.1) is 66.1 Å². The SMILES string of the molecule is CC(C)(C)OC(=O)N1Cc2nc(-c3c(F)cccc3C#N)cc(-n3ccc(N4CC[C@]5(C4)OC[C@@H](O)CO5)n3)c2C1=O. The van der Waals surface area contributed by atoms with Crippen molar-refractivity contribution in [3.05, 3.63) is 59.2 Å². The average molecular weight is 577 g/mol. The maximum absolute atomic E-state index is 15.1. The lowest BCUT2D eigenvalue weighted by Gasteiger charge is -2.35. The van der Waals surface area contributed by atoms with Crippen LogP contribution in [0.2, 0.25) is 0 Å². The summed E-state index contributed by atoms with van der Waals surface area (Å²) in [5.41, 5.74) is -0.0394. The number of hydrogen-bond acceptors (Lipinski definition) is 10. The van der Waals surface area contributed by atoms with Gasteiger partial charge in [-0.25, -0.2) is 23.8 Å². The molecule has 2 aromatic heterocycles. The smallest absolute Gasteiger partial charge is 0.417 e. The van der Waals surface area contributed by atoms with Crippen LogP contribution in [0.5, 0.6) is 0 Å². The molecule has 5 heterocycles. The van der Waals surface area contributed by atoms with Gasteiger partial charge in [0.2, 0.25) is 0 Å². The van der Waals surface area contributed by atoms with Crippen LogP contribution in [0.3, 0.4) is 0 Å². The Labute approximate surface area is 240 Å². The number of amides is 2. The fourth-order valence-electron chi connectivity index (χ4n) is 5.33. The third-order valence-corrected chi connectivity index (χ3v) is 7.26. The molecule has 0 bridgehead atoms. The molecule has 218 valence electrons. The highest BCUT2D eigenvalue weighted by atomic mass is 19.1. The first-order chi connectivity index (χ1) is 20.0. The first-order valence-corrected chi connectivity index (χ1v) is 13.5. The molecule has 2 saturated heterocycles. The van der Waals surface area contributed by atoms with E-state index in [1.807, 2.05) is 11.0 Å². The predicted molar refractivity (Wildman–Crippen MR) is 145 cm³/mol. The molecule has 13 heteroatoms. The van der Waals surface area contributed by atoms with Crippen molar-refractivity contribution in [2.24, 2.45) is 0 Å². The molecular formula is C29H29FN6O6. The van der Waals surface area contributed by atoms with E-state index in [-0.39, 0.29) is 53.5 Å². The summed E-state index contributed by atoms with van der Waals surface area (Å²) in [5, 5.41) is 24.1. The number of aliphatic hydroxyl groups is 1. The average Bonchev–Trinajstić information content (AvgIpc) is 3.67. The van der Waals surface area contributed by atoms with Crippen LogP contribution in [0.25, 0.3) is 16.9 Å². The number of aromatic nitrogens is 3. The lowest BCUT2D eigenvalue weighted by atomic mass is 10.0. The van der Waals surface area contributed by atoms with Crippen molar-refractivity contribution in [3.63, 3.8) is 0 Å². The predicted octanol–water partition coefficient (Wildman–Crippen LogP) is 3.15. The Bertz CT molecular complexity index is 1620. The van der Waals surface area contributed by atoms with Crippen LogP contribution < -0.4 is 4.90 Å². The van der Waals surface area contributed by atoms with Crippen LogP contribution in [-0.4, -0.2) is 80.6 Å². The minimum absolute atomic E-state index is 0.0186. The molecule has 0 unspecified atom stereocenters. The van der Waals surface area contributed by atoms with E-state index in [0.717, 1.165) is 4.90 Å². The molecule has 1 spiro atoms. The second-order valence-electron chi connectivity index (χ2n) is 11.5. The van der Waals surface area contributed by atoms with Crippen molar-refractivity contribution in [3.8, 4) is 23.0 Å². The molecule has 0 saturated carbocycles. The van der Waals surface area contributed by atoms with Gasteiger partial charge in [-0.15, -0.1) is 0 Å². The number of ether oxygens (including phenoxy) is 3. The molecule has 3 aromatic rings. The Morgan fingerprint density at radius 2 is 2.00 bits per heavy atom. The van der Waals surface area contributed by atoms with Gasteiger partial charge in [0.1, 0.15) is 17.5 Å². The van der Waals surface area contributed by atoms with Gasteiger partial charge in [-0.1, -0.05) is 6.07 Å². The Morgan fingerprint density at radius 3 is 2.71 bits per heavy atom. The molecule has 12 nitrogen and oxygen atoms in total. The van der Waals surface area contributed by atoms with E-state index in [1.54, 1.807) is 33.0 Å². The van der Waals surface area contributed by atoms with Gasteiger partial charge in [-0.05, 0) is 39.0 Å². The molecule has 1 N–H and O–H groups in total. The van der Waals surface area contributed by atoms with Gasteiger partial charge in [0, 0.05) is 25.2 Å². The Balaban J connectivity index is 1.40. The summed E-state index contributed by atoms with van der Waals surface area (Å²) in [6.45, 7) is 6.24. The molecule has 3 aliphatic rings. The molecule has 42 heavy (non-hydrogen) atoms. The van der Waals surface area contributed by atoms with Gasteiger partial charge in [-0.2, -0.15) is 10.4 Å². The summed E-state index contributed by atoms with van der Waals surface area (Å²) in [5.74, 6) is -1.53. The summed E-state index contributed by atoms with van der Waals surface area (Å²) in [6, 6.07) is 9.39. The third-order valence-electron chi connectivity index (χ3n) is 7.26. The molecule has 0 atom stereocenters.